The molecule has 4 nitrogen and oxygen atoms in total. The van der Waals surface area contributed by atoms with Crippen molar-refractivity contribution in [1.29, 1.82) is 0 Å². The molecule has 0 aliphatic carbocycles. The van der Waals surface area contributed by atoms with Gasteiger partial charge in [0, 0.05) is 19.2 Å². The lowest BCUT2D eigenvalue weighted by Gasteiger charge is -2.22. The molecule has 0 heterocycles. The Labute approximate surface area is 106 Å². The van der Waals surface area contributed by atoms with Gasteiger partial charge in [-0.1, -0.05) is 0 Å². The fraction of sp³-hybridized carbons (Fsp3) is 0.385. The first kappa shape index (κ1) is 14.2. The van der Waals surface area contributed by atoms with Crippen LogP contribution in [0.1, 0.15) is 24.2 Å². The standard InChI is InChI=1S/C13H17FN2O2/c1-13(2,12(18)15-3)8-16-11(17)9-4-6-10(14)7-5-9/h4-7H,8H2,1-3H3,(H,15,18)(H,16,17). The fourth-order valence-electron chi connectivity index (χ4n) is 1.42. The molecule has 0 aliphatic rings. The highest BCUT2D eigenvalue weighted by Crippen LogP contribution is 2.13. The first-order valence-corrected chi connectivity index (χ1v) is 5.63. The smallest absolute Gasteiger partial charge is 0.251 e. The van der Waals surface area contributed by atoms with Crippen LogP contribution in [0.25, 0.3) is 0 Å². The van der Waals surface area contributed by atoms with E-state index in [-0.39, 0.29) is 18.4 Å². The van der Waals surface area contributed by atoms with Crippen LogP contribution in [0, 0.1) is 11.2 Å². The predicted octanol–water partition coefficient (Wildman–Crippen LogP) is 1.33. The Hall–Kier alpha value is -1.91. The zero-order chi connectivity index (χ0) is 13.8. The Morgan fingerprint density at radius 1 is 1.22 bits per heavy atom. The summed E-state index contributed by atoms with van der Waals surface area (Å²) in [4.78, 5) is 23.3. The molecule has 0 aromatic heterocycles. The number of amides is 2. The number of carbonyl (C=O) groups excluding carboxylic acids is 2. The van der Waals surface area contributed by atoms with E-state index in [0.717, 1.165) is 0 Å². The zero-order valence-corrected chi connectivity index (χ0v) is 10.7. The van der Waals surface area contributed by atoms with Crippen molar-refractivity contribution in [3.63, 3.8) is 0 Å². The van der Waals surface area contributed by atoms with E-state index in [9.17, 15) is 14.0 Å². The zero-order valence-electron chi connectivity index (χ0n) is 10.7. The van der Waals surface area contributed by atoms with Gasteiger partial charge in [0.15, 0.2) is 0 Å². The first-order valence-electron chi connectivity index (χ1n) is 5.63. The average Bonchev–Trinajstić information content (AvgIpc) is 2.35. The number of rotatable bonds is 4. The minimum Gasteiger partial charge on any atom is -0.359 e. The topological polar surface area (TPSA) is 58.2 Å². The lowest BCUT2D eigenvalue weighted by atomic mass is 9.92. The third-order valence-electron chi connectivity index (χ3n) is 2.64. The summed E-state index contributed by atoms with van der Waals surface area (Å²) in [6.45, 7) is 3.68. The molecule has 0 saturated carbocycles. The number of hydrogen-bond donors (Lipinski definition) is 2. The summed E-state index contributed by atoms with van der Waals surface area (Å²) < 4.78 is 12.7. The highest BCUT2D eigenvalue weighted by molar-refractivity contribution is 5.94. The number of carbonyl (C=O) groups is 2. The van der Waals surface area contributed by atoms with Crippen molar-refractivity contribution in [3.05, 3.63) is 35.6 Å². The minimum atomic E-state index is -0.690. The normalized spacial score (nSPS) is 10.9. The molecule has 0 atom stereocenters. The second kappa shape index (κ2) is 5.62. The third kappa shape index (κ3) is 3.55. The van der Waals surface area contributed by atoms with Crippen LogP contribution in [-0.4, -0.2) is 25.4 Å². The molecule has 0 saturated heterocycles. The van der Waals surface area contributed by atoms with Crippen LogP contribution >= 0.6 is 0 Å². The maximum Gasteiger partial charge on any atom is 0.251 e. The number of nitrogens with one attached hydrogen (secondary N) is 2. The molecular formula is C13H17FN2O2. The first-order chi connectivity index (χ1) is 8.36. The van der Waals surface area contributed by atoms with Crippen molar-refractivity contribution in [2.75, 3.05) is 13.6 Å². The molecule has 0 fully saturated rings. The van der Waals surface area contributed by atoms with Crippen molar-refractivity contribution in [1.82, 2.24) is 10.6 Å². The third-order valence-corrected chi connectivity index (χ3v) is 2.64. The average molecular weight is 252 g/mol. The van der Waals surface area contributed by atoms with Gasteiger partial charge in [0.2, 0.25) is 5.91 Å². The lowest BCUT2D eigenvalue weighted by molar-refractivity contribution is -0.128. The molecule has 1 rings (SSSR count). The monoisotopic (exact) mass is 252 g/mol. The van der Waals surface area contributed by atoms with E-state index in [4.69, 9.17) is 0 Å². The van der Waals surface area contributed by atoms with Gasteiger partial charge in [0.25, 0.3) is 5.91 Å². The predicted molar refractivity (Wildman–Crippen MR) is 66.6 cm³/mol. The summed E-state index contributed by atoms with van der Waals surface area (Å²) in [5, 5.41) is 5.19. The second-order valence-corrected chi connectivity index (χ2v) is 4.65. The largest absolute Gasteiger partial charge is 0.359 e. The fourth-order valence-corrected chi connectivity index (χ4v) is 1.42. The van der Waals surface area contributed by atoms with E-state index in [1.54, 1.807) is 20.9 Å². The highest BCUT2D eigenvalue weighted by atomic mass is 19.1. The summed E-state index contributed by atoms with van der Waals surface area (Å²) in [6, 6.07) is 5.24. The van der Waals surface area contributed by atoms with Crippen molar-refractivity contribution in [3.8, 4) is 0 Å². The van der Waals surface area contributed by atoms with Gasteiger partial charge in [0.1, 0.15) is 5.82 Å². The molecule has 0 aliphatic heterocycles. The van der Waals surface area contributed by atoms with Gasteiger partial charge < -0.3 is 10.6 Å². The summed E-state index contributed by atoms with van der Waals surface area (Å²) in [7, 11) is 1.55. The molecule has 18 heavy (non-hydrogen) atoms. The molecule has 1 aromatic carbocycles. The van der Waals surface area contributed by atoms with Crippen LogP contribution in [0.4, 0.5) is 4.39 Å². The maximum absolute atomic E-state index is 12.7. The van der Waals surface area contributed by atoms with E-state index in [1.165, 1.54) is 24.3 Å². The Morgan fingerprint density at radius 3 is 2.28 bits per heavy atom. The Morgan fingerprint density at radius 2 is 1.78 bits per heavy atom. The molecule has 5 heteroatoms. The molecule has 0 radical (unpaired) electrons. The molecule has 98 valence electrons. The van der Waals surface area contributed by atoms with Crippen LogP contribution in [-0.2, 0) is 4.79 Å². The van der Waals surface area contributed by atoms with E-state index >= 15 is 0 Å². The maximum atomic E-state index is 12.7. The molecule has 1 aromatic rings. The van der Waals surface area contributed by atoms with Gasteiger partial charge in [-0.05, 0) is 38.1 Å². The van der Waals surface area contributed by atoms with Crippen molar-refractivity contribution in [2.24, 2.45) is 5.41 Å². The molecular weight excluding hydrogens is 235 g/mol. The van der Waals surface area contributed by atoms with Gasteiger partial charge in [0.05, 0.1) is 5.41 Å². The van der Waals surface area contributed by atoms with Crippen molar-refractivity contribution in [2.45, 2.75) is 13.8 Å². The van der Waals surface area contributed by atoms with Crippen LogP contribution in [0.5, 0.6) is 0 Å². The quantitative estimate of drug-likeness (QED) is 0.849. The highest BCUT2D eigenvalue weighted by Gasteiger charge is 2.27. The van der Waals surface area contributed by atoms with Crippen LogP contribution < -0.4 is 10.6 Å². The number of hydrogen-bond acceptors (Lipinski definition) is 2. The summed E-state index contributed by atoms with van der Waals surface area (Å²) >= 11 is 0. The summed E-state index contributed by atoms with van der Waals surface area (Å²) in [5.74, 6) is -0.869. The van der Waals surface area contributed by atoms with Crippen molar-refractivity contribution >= 4 is 11.8 Å². The number of halogens is 1. The molecule has 2 amide bonds. The van der Waals surface area contributed by atoms with E-state index in [1.807, 2.05) is 0 Å². The van der Waals surface area contributed by atoms with Gasteiger partial charge in [-0.15, -0.1) is 0 Å². The second-order valence-electron chi connectivity index (χ2n) is 4.65. The summed E-state index contributed by atoms with van der Waals surface area (Å²) in [5.41, 5.74) is -0.325. The SMILES string of the molecule is CNC(=O)C(C)(C)CNC(=O)c1ccc(F)cc1. The Kier molecular flexibility index (Phi) is 4.42. The Bertz CT molecular complexity index is 441. The van der Waals surface area contributed by atoms with Crippen LogP contribution in [0.3, 0.4) is 0 Å². The van der Waals surface area contributed by atoms with Gasteiger partial charge in [-0.25, -0.2) is 4.39 Å². The lowest BCUT2D eigenvalue weighted by Crippen LogP contribution is -2.43. The minimum absolute atomic E-state index is 0.151. The molecule has 2 N–H and O–H groups in total. The molecule has 0 bridgehead atoms. The molecule has 0 spiro atoms. The van der Waals surface area contributed by atoms with Crippen molar-refractivity contribution < 1.29 is 14.0 Å². The van der Waals surface area contributed by atoms with Crippen LogP contribution in [0.15, 0.2) is 24.3 Å². The van der Waals surface area contributed by atoms with Gasteiger partial charge in [-0.2, -0.15) is 0 Å². The summed E-state index contributed by atoms with van der Waals surface area (Å²) in [6.07, 6.45) is 0. The number of benzene rings is 1. The van der Waals surface area contributed by atoms with E-state index in [2.05, 4.69) is 10.6 Å². The molecule has 0 unspecified atom stereocenters. The van der Waals surface area contributed by atoms with Gasteiger partial charge in [-0.3, -0.25) is 9.59 Å². The van der Waals surface area contributed by atoms with E-state index < -0.39 is 11.2 Å². The van der Waals surface area contributed by atoms with E-state index in [0.29, 0.717) is 5.56 Å². The van der Waals surface area contributed by atoms with Gasteiger partial charge >= 0.3 is 0 Å². The Balaban J connectivity index is 2.61. The van der Waals surface area contributed by atoms with Crippen LogP contribution in [0.2, 0.25) is 0 Å².